The summed E-state index contributed by atoms with van der Waals surface area (Å²) in [5.41, 5.74) is 3.33. The molecule has 1 aliphatic rings. The molecule has 4 nitrogen and oxygen atoms in total. The molecule has 2 aromatic rings. The molecule has 3 rings (SSSR count). The summed E-state index contributed by atoms with van der Waals surface area (Å²) in [6.07, 6.45) is 2.01. The number of carboxylic acid groups (broad SMARTS) is 1. The van der Waals surface area contributed by atoms with Crippen molar-refractivity contribution in [2.24, 2.45) is 0 Å². The minimum atomic E-state index is -0.921. The highest BCUT2D eigenvalue weighted by molar-refractivity contribution is 5.88. The molecule has 1 heterocycles. The van der Waals surface area contributed by atoms with Crippen LogP contribution in [0.1, 0.15) is 42.3 Å². The lowest BCUT2D eigenvalue weighted by molar-refractivity contribution is -0.0431. The van der Waals surface area contributed by atoms with Gasteiger partial charge < -0.3 is 14.6 Å². The molecular weight excluding hydrogens is 292 g/mol. The molecule has 0 bridgehead atoms. The Labute approximate surface area is 135 Å². The van der Waals surface area contributed by atoms with E-state index in [1.54, 1.807) is 24.3 Å². The summed E-state index contributed by atoms with van der Waals surface area (Å²) in [5.74, 6) is -0.0694. The predicted octanol–water partition coefficient (Wildman–Crippen LogP) is 4.45. The second-order valence-electron chi connectivity index (χ2n) is 6.02. The molecule has 0 amide bonds. The first-order chi connectivity index (χ1) is 10.8. The Morgan fingerprint density at radius 3 is 2.26 bits per heavy atom. The zero-order valence-corrected chi connectivity index (χ0v) is 13.3. The van der Waals surface area contributed by atoms with E-state index in [-0.39, 0.29) is 5.56 Å². The highest BCUT2D eigenvalue weighted by Crippen LogP contribution is 2.40. The van der Waals surface area contributed by atoms with Crippen LogP contribution >= 0.6 is 0 Å². The van der Waals surface area contributed by atoms with Crippen LogP contribution < -0.4 is 9.47 Å². The Balaban J connectivity index is 1.86. The summed E-state index contributed by atoms with van der Waals surface area (Å²) < 4.78 is 11.4. The summed E-state index contributed by atoms with van der Waals surface area (Å²) in [7, 11) is 0. The molecule has 1 N–H and O–H groups in total. The van der Waals surface area contributed by atoms with Crippen molar-refractivity contribution in [2.45, 2.75) is 26.6 Å². The van der Waals surface area contributed by atoms with E-state index < -0.39 is 11.8 Å². The van der Waals surface area contributed by atoms with Crippen LogP contribution in [0.4, 0.5) is 0 Å². The molecule has 23 heavy (non-hydrogen) atoms. The molecule has 0 aromatic heterocycles. The van der Waals surface area contributed by atoms with E-state index >= 15 is 0 Å². The van der Waals surface area contributed by atoms with Crippen LogP contribution in [0.15, 0.2) is 42.5 Å². The predicted molar refractivity (Wildman–Crippen MR) is 88.7 cm³/mol. The van der Waals surface area contributed by atoms with Gasteiger partial charge in [-0.1, -0.05) is 24.3 Å². The fraction of sp³-hybridized carbons (Fsp3) is 0.211. The fourth-order valence-corrected chi connectivity index (χ4v) is 2.52. The SMILES string of the molecule is CC(=Cc1ccc(C(=O)O)cc1)c1ccc2c(c1)OC(C)(C)O2. The number of allylic oxidation sites excluding steroid dienone is 1. The average molecular weight is 310 g/mol. The fourth-order valence-electron chi connectivity index (χ4n) is 2.52. The second-order valence-corrected chi connectivity index (χ2v) is 6.02. The standard InChI is InChI=1S/C19H18O4/c1-12(10-13-4-6-14(7-5-13)18(20)21)15-8-9-16-17(11-15)23-19(2,3)22-16/h4-11H,1-3H3,(H,20,21). The Morgan fingerprint density at radius 2 is 1.61 bits per heavy atom. The number of fused-ring (bicyclic) bond motifs is 1. The maximum absolute atomic E-state index is 10.9. The molecule has 0 aliphatic carbocycles. The molecule has 0 radical (unpaired) electrons. The van der Waals surface area contributed by atoms with Crippen LogP contribution in [-0.4, -0.2) is 16.9 Å². The van der Waals surface area contributed by atoms with Crippen molar-refractivity contribution in [3.8, 4) is 11.5 Å². The maximum Gasteiger partial charge on any atom is 0.335 e. The number of benzene rings is 2. The summed E-state index contributed by atoms with van der Waals surface area (Å²) in [6, 6.07) is 12.6. The van der Waals surface area contributed by atoms with Crippen molar-refractivity contribution in [3.63, 3.8) is 0 Å². The normalized spacial score (nSPS) is 15.5. The largest absolute Gasteiger partial charge is 0.478 e. The first-order valence-corrected chi connectivity index (χ1v) is 7.38. The van der Waals surface area contributed by atoms with Crippen molar-refractivity contribution >= 4 is 17.6 Å². The van der Waals surface area contributed by atoms with E-state index in [9.17, 15) is 4.79 Å². The number of carboxylic acids is 1. The lowest BCUT2D eigenvalue weighted by Crippen LogP contribution is -2.29. The highest BCUT2D eigenvalue weighted by atomic mass is 16.7. The van der Waals surface area contributed by atoms with Crippen molar-refractivity contribution in [3.05, 3.63) is 59.2 Å². The molecule has 0 saturated heterocycles. The summed E-state index contributed by atoms with van der Waals surface area (Å²) in [6.45, 7) is 5.76. The van der Waals surface area contributed by atoms with E-state index in [1.165, 1.54) is 0 Å². The van der Waals surface area contributed by atoms with E-state index in [1.807, 2.05) is 45.0 Å². The third-order valence-corrected chi connectivity index (χ3v) is 3.65. The van der Waals surface area contributed by atoms with Gasteiger partial charge in [0.2, 0.25) is 5.79 Å². The molecule has 4 heteroatoms. The van der Waals surface area contributed by atoms with Gasteiger partial charge in [-0.25, -0.2) is 4.79 Å². The quantitative estimate of drug-likeness (QED) is 0.851. The molecule has 0 fully saturated rings. The summed E-state index contributed by atoms with van der Waals surface area (Å²) in [5, 5.41) is 8.93. The van der Waals surface area contributed by atoms with E-state index in [2.05, 4.69) is 0 Å². The third-order valence-electron chi connectivity index (χ3n) is 3.65. The van der Waals surface area contributed by atoms with Crippen LogP contribution in [0.5, 0.6) is 11.5 Å². The smallest absolute Gasteiger partial charge is 0.335 e. The third kappa shape index (κ3) is 3.21. The van der Waals surface area contributed by atoms with Gasteiger partial charge in [0.1, 0.15) is 0 Å². The number of rotatable bonds is 3. The highest BCUT2D eigenvalue weighted by Gasteiger charge is 2.31. The summed E-state index contributed by atoms with van der Waals surface area (Å²) >= 11 is 0. The molecule has 1 aliphatic heterocycles. The molecule has 0 unspecified atom stereocenters. The first kappa shape index (κ1) is 15.2. The first-order valence-electron chi connectivity index (χ1n) is 7.38. The van der Waals surface area contributed by atoms with Crippen molar-refractivity contribution in [1.82, 2.24) is 0 Å². The molecule has 118 valence electrons. The Bertz CT molecular complexity index is 786. The van der Waals surface area contributed by atoms with E-state index in [4.69, 9.17) is 14.6 Å². The van der Waals surface area contributed by atoms with E-state index in [0.717, 1.165) is 28.2 Å². The van der Waals surface area contributed by atoms with Gasteiger partial charge in [-0.2, -0.15) is 0 Å². The number of hydrogen-bond donors (Lipinski definition) is 1. The van der Waals surface area contributed by atoms with Crippen LogP contribution in [0.2, 0.25) is 0 Å². The monoisotopic (exact) mass is 310 g/mol. The molecule has 0 saturated carbocycles. The topological polar surface area (TPSA) is 55.8 Å². The molecular formula is C19H18O4. The number of hydrogen-bond acceptors (Lipinski definition) is 3. The average Bonchev–Trinajstić information content (AvgIpc) is 2.80. The van der Waals surface area contributed by atoms with Gasteiger partial charge >= 0.3 is 5.97 Å². The molecule has 0 spiro atoms. The van der Waals surface area contributed by atoms with Crippen LogP contribution in [0.25, 0.3) is 11.6 Å². The van der Waals surface area contributed by atoms with Gasteiger partial charge in [0.05, 0.1) is 5.56 Å². The van der Waals surface area contributed by atoms with Gasteiger partial charge in [-0.05, 0) is 47.9 Å². The van der Waals surface area contributed by atoms with Gasteiger partial charge in [-0.15, -0.1) is 0 Å². The lowest BCUT2D eigenvalue weighted by atomic mass is 10.0. The Kier molecular flexibility index (Phi) is 3.60. The van der Waals surface area contributed by atoms with Crippen molar-refractivity contribution < 1.29 is 19.4 Å². The second kappa shape index (κ2) is 5.47. The zero-order chi connectivity index (χ0) is 16.6. The van der Waals surface area contributed by atoms with Crippen LogP contribution in [-0.2, 0) is 0 Å². The van der Waals surface area contributed by atoms with Crippen LogP contribution in [0.3, 0.4) is 0 Å². The van der Waals surface area contributed by atoms with Gasteiger partial charge in [0.25, 0.3) is 0 Å². The van der Waals surface area contributed by atoms with Gasteiger partial charge in [-0.3, -0.25) is 0 Å². The maximum atomic E-state index is 10.9. The van der Waals surface area contributed by atoms with Crippen molar-refractivity contribution in [2.75, 3.05) is 0 Å². The number of aromatic carboxylic acids is 1. The van der Waals surface area contributed by atoms with E-state index in [0.29, 0.717) is 0 Å². The number of carbonyl (C=O) groups is 1. The zero-order valence-electron chi connectivity index (χ0n) is 13.3. The lowest BCUT2D eigenvalue weighted by Gasteiger charge is -2.16. The van der Waals surface area contributed by atoms with Gasteiger partial charge in [0.15, 0.2) is 11.5 Å². The van der Waals surface area contributed by atoms with Crippen LogP contribution in [0, 0.1) is 0 Å². The number of ether oxygens (including phenoxy) is 2. The Hall–Kier alpha value is -2.75. The molecule has 2 aromatic carbocycles. The molecule has 0 atom stereocenters. The van der Waals surface area contributed by atoms with Gasteiger partial charge in [0, 0.05) is 13.8 Å². The minimum absolute atomic E-state index is 0.283. The minimum Gasteiger partial charge on any atom is -0.478 e. The summed E-state index contributed by atoms with van der Waals surface area (Å²) in [4.78, 5) is 10.9. The Morgan fingerprint density at radius 1 is 1.00 bits per heavy atom. The van der Waals surface area contributed by atoms with Crippen molar-refractivity contribution in [1.29, 1.82) is 0 Å².